The topological polar surface area (TPSA) is 27.7 Å². The van der Waals surface area contributed by atoms with E-state index in [-0.39, 0.29) is 0 Å². The molecule has 0 saturated carbocycles. The van der Waals surface area contributed by atoms with E-state index in [9.17, 15) is 0 Å². The van der Waals surface area contributed by atoms with Crippen molar-refractivity contribution in [3.63, 3.8) is 0 Å². The van der Waals surface area contributed by atoms with Crippen molar-refractivity contribution < 1.29 is 13.3 Å². The van der Waals surface area contributed by atoms with Crippen molar-refractivity contribution in [1.29, 1.82) is 0 Å². The van der Waals surface area contributed by atoms with Gasteiger partial charge in [0.25, 0.3) is 0 Å². The van der Waals surface area contributed by atoms with Crippen molar-refractivity contribution in [2.75, 3.05) is 0 Å². The summed E-state index contributed by atoms with van der Waals surface area (Å²) < 4.78 is 17.0. The van der Waals surface area contributed by atoms with Crippen LogP contribution >= 0.6 is 0 Å². The Hall–Kier alpha value is -1.42. The van der Waals surface area contributed by atoms with Gasteiger partial charge in [0.15, 0.2) is 0 Å². The van der Waals surface area contributed by atoms with E-state index in [2.05, 4.69) is 6.58 Å². The summed E-state index contributed by atoms with van der Waals surface area (Å²) in [5, 5.41) is 0. The first-order valence-electron chi connectivity index (χ1n) is 5.88. The first kappa shape index (κ1) is 16.6. The van der Waals surface area contributed by atoms with Crippen molar-refractivity contribution in [1.82, 2.24) is 0 Å². The van der Waals surface area contributed by atoms with Crippen LogP contribution in [-0.4, -0.2) is 8.80 Å². The molecule has 0 aromatic rings. The molecule has 0 aromatic carbocycles. The standard InChI is InChI=1S/C14H24O3Si/c1-8-18(15-9-12(2)3,16-10-13(4)5)17-11-14(6)7/h8-11H,1H2,2-7H3. The molecule has 102 valence electrons. The molecular weight excluding hydrogens is 244 g/mol. The van der Waals surface area contributed by atoms with Gasteiger partial charge in [-0.1, -0.05) is 6.58 Å². The maximum Gasteiger partial charge on any atom is 0.727 e. The highest BCUT2D eigenvalue weighted by Gasteiger charge is 2.43. The van der Waals surface area contributed by atoms with E-state index in [4.69, 9.17) is 13.3 Å². The lowest BCUT2D eigenvalue weighted by Gasteiger charge is -2.23. The fourth-order valence-corrected chi connectivity index (χ4v) is 2.48. The third-order valence-electron chi connectivity index (χ3n) is 1.63. The Morgan fingerprint density at radius 1 is 0.722 bits per heavy atom. The molecule has 0 unspecified atom stereocenters. The second-order valence-electron chi connectivity index (χ2n) is 4.75. The third-order valence-corrected chi connectivity index (χ3v) is 3.47. The highest BCUT2D eigenvalue weighted by Crippen LogP contribution is 2.15. The van der Waals surface area contributed by atoms with E-state index >= 15 is 0 Å². The van der Waals surface area contributed by atoms with Crippen LogP contribution in [0.3, 0.4) is 0 Å². The molecule has 0 spiro atoms. The van der Waals surface area contributed by atoms with Crippen molar-refractivity contribution in [3.05, 3.63) is 47.8 Å². The van der Waals surface area contributed by atoms with Crippen LogP contribution in [0.15, 0.2) is 47.8 Å². The summed E-state index contributed by atoms with van der Waals surface area (Å²) in [6, 6.07) is 0. The first-order valence-corrected chi connectivity index (χ1v) is 7.68. The molecular formula is C14H24O3Si. The van der Waals surface area contributed by atoms with Crippen LogP contribution in [0.4, 0.5) is 0 Å². The van der Waals surface area contributed by atoms with E-state index in [0.717, 1.165) is 16.7 Å². The zero-order valence-electron chi connectivity index (χ0n) is 12.2. The average Bonchev–Trinajstić information content (AvgIpc) is 2.28. The molecule has 0 aliphatic heterocycles. The van der Waals surface area contributed by atoms with Gasteiger partial charge < -0.3 is 13.3 Å². The van der Waals surface area contributed by atoms with Crippen LogP contribution in [0, 0.1) is 0 Å². The fourth-order valence-electron chi connectivity index (χ4n) is 0.828. The summed E-state index contributed by atoms with van der Waals surface area (Å²) in [7, 11) is -2.92. The third kappa shape index (κ3) is 7.01. The normalized spacial score (nSPS) is 9.89. The number of allylic oxidation sites excluding steroid dienone is 3. The maximum absolute atomic E-state index is 5.67. The lowest BCUT2D eigenvalue weighted by atomic mass is 10.4. The Labute approximate surface area is 112 Å². The maximum atomic E-state index is 5.67. The molecule has 0 bridgehead atoms. The van der Waals surface area contributed by atoms with Crippen LogP contribution in [0.2, 0.25) is 0 Å². The summed E-state index contributed by atoms with van der Waals surface area (Å²) in [6.45, 7) is 15.5. The Morgan fingerprint density at radius 2 is 1.00 bits per heavy atom. The number of hydrogen-bond acceptors (Lipinski definition) is 3. The van der Waals surface area contributed by atoms with Crippen molar-refractivity contribution >= 4 is 8.80 Å². The Morgan fingerprint density at radius 3 is 1.17 bits per heavy atom. The molecule has 4 heteroatoms. The predicted molar refractivity (Wildman–Crippen MR) is 77.5 cm³/mol. The van der Waals surface area contributed by atoms with Gasteiger partial charge in [-0.15, -0.1) is 0 Å². The summed E-state index contributed by atoms with van der Waals surface area (Å²) in [5.74, 6) is 0. The first-order chi connectivity index (χ1) is 8.31. The van der Waals surface area contributed by atoms with Crippen molar-refractivity contribution in [3.8, 4) is 0 Å². The lowest BCUT2D eigenvalue weighted by molar-refractivity contribution is 0.194. The summed E-state index contributed by atoms with van der Waals surface area (Å²) in [4.78, 5) is 0. The molecule has 0 saturated heterocycles. The second-order valence-corrected chi connectivity index (χ2v) is 7.07. The van der Waals surface area contributed by atoms with E-state index in [1.807, 2.05) is 41.5 Å². The summed E-state index contributed by atoms with van der Waals surface area (Å²) in [6.07, 6.45) is 4.93. The summed E-state index contributed by atoms with van der Waals surface area (Å²) >= 11 is 0. The lowest BCUT2D eigenvalue weighted by Crippen LogP contribution is -2.39. The number of hydrogen-bond donors (Lipinski definition) is 0. The summed E-state index contributed by atoms with van der Waals surface area (Å²) in [5.41, 5.74) is 4.73. The average molecular weight is 268 g/mol. The van der Waals surface area contributed by atoms with Gasteiger partial charge in [-0.25, -0.2) is 0 Å². The smallest absolute Gasteiger partial charge is 0.487 e. The van der Waals surface area contributed by atoms with Crippen LogP contribution in [-0.2, 0) is 13.3 Å². The molecule has 0 heterocycles. The largest absolute Gasteiger partial charge is 0.727 e. The molecule has 0 N–H and O–H groups in total. The molecule has 0 atom stereocenters. The SMILES string of the molecule is C=C[Si](OC=C(C)C)(OC=C(C)C)OC=C(C)C. The van der Waals surface area contributed by atoms with E-state index < -0.39 is 8.80 Å². The quantitative estimate of drug-likeness (QED) is 0.503. The van der Waals surface area contributed by atoms with E-state index in [1.165, 1.54) is 0 Å². The molecule has 0 radical (unpaired) electrons. The van der Waals surface area contributed by atoms with Gasteiger partial charge in [-0.3, -0.25) is 0 Å². The highest BCUT2D eigenvalue weighted by atomic mass is 28.4. The molecule has 0 fully saturated rings. The van der Waals surface area contributed by atoms with Gasteiger partial charge in [0.05, 0.1) is 18.8 Å². The molecule has 18 heavy (non-hydrogen) atoms. The number of rotatable bonds is 7. The van der Waals surface area contributed by atoms with E-state index in [1.54, 1.807) is 24.5 Å². The molecule has 0 aliphatic rings. The highest BCUT2D eigenvalue weighted by molar-refractivity contribution is 6.66. The molecule has 3 nitrogen and oxygen atoms in total. The van der Waals surface area contributed by atoms with Crippen molar-refractivity contribution in [2.45, 2.75) is 41.5 Å². The predicted octanol–water partition coefficient (Wildman–Crippen LogP) is 4.47. The second kappa shape index (κ2) is 7.82. The Bertz CT molecular complexity index is 305. The van der Waals surface area contributed by atoms with Crippen LogP contribution in [0.5, 0.6) is 0 Å². The molecule has 0 amide bonds. The minimum Gasteiger partial charge on any atom is -0.487 e. The van der Waals surface area contributed by atoms with Gasteiger partial charge in [0, 0.05) is 5.70 Å². The molecule has 0 aromatic heterocycles. The minimum atomic E-state index is -2.92. The van der Waals surface area contributed by atoms with Gasteiger partial charge in [0.2, 0.25) is 0 Å². The van der Waals surface area contributed by atoms with E-state index in [0.29, 0.717) is 0 Å². The Kier molecular flexibility index (Phi) is 7.20. The monoisotopic (exact) mass is 268 g/mol. The van der Waals surface area contributed by atoms with Crippen LogP contribution in [0.1, 0.15) is 41.5 Å². The fraction of sp³-hybridized carbons (Fsp3) is 0.429. The molecule has 0 aliphatic carbocycles. The van der Waals surface area contributed by atoms with Crippen LogP contribution in [0.25, 0.3) is 0 Å². The van der Waals surface area contributed by atoms with Gasteiger partial charge in [-0.2, -0.15) is 0 Å². The molecule has 0 rings (SSSR count). The van der Waals surface area contributed by atoms with Gasteiger partial charge in [0.1, 0.15) is 0 Å². The Balaban J connectivity index is 5.05. The minimum absolute atomic E-state index is 1.04. The van der Waals surface area contributed by atoms with Gasteiger partial charge in [-0.05, 0) is 58.3 Å². The zero-order chi connectivity index (χ0) is 14.2. The van der Waals surface area contributed by atoms with Gasteiger partial charge >= 0.3 is 8.80 Å². The van der Waals surface area contributed by atoms with Crippen LogP contribution < -0.4 is 0 Å². The van der Waals surface area contributed by atoms with Crippen molar-refractivity contribution in [2.24, 2.45) is 0 Å². The zero-order valence-corrected chi connectivity index (χ0v) is 13.2.